The van der Waals surface area contributed by atoms with Crippen LogP contribution < -0.4 is 9.47 Å². The smallest absolute Gasteiger partial charge is 0.151 e. The number of benzene rings is 2. The zero-order valence-corrected chi connectivity index (χ0v) is 20.5. The number of ether oxygens (including phenoxy) is 2. The minimum Gasteiger partial charge on any atom is -0.497 e. The second-order valence-electron chi connectivity index (χ2n) is 7.82. The maximum Gasteiger partial charge on any atom is 0.151 e. The number of hydrogen-bond acceptors (Lipinski definition) is 6. The SMILES string of the molecule is COc1ccc2nc(C(C)C)c(Cl)nc2c1.COc1ccc2nc(Cl)c(C(C)C)nc2c1. The Kier molecular flexibility index (Phi) is 7.69. The van der Waals surface area contributed by atoms with Crippen molar-refractivity contribution in [2.45, 2.75) is 39.5 Å². The van der Waals surface area contributed by atoms with Crippen molar-refractivity contribution < 1.29 is 9.47 Å². The molecule has 0 bridgehead atoms. The molecular formula is C24H26Cl2N4O2. The topological polar surface area (TPSA) is 70.0 Å². The van der Waals surface area contributed by atoms with E-state index in [1.807, 2.05) is 64.1 Å². The first-order valence-corrected chi connectivity index (χ1v) is 11.0. The summed E-state index contributed by atoms with van der Waals surface area (Å²) in [6, 6.07) is 11.2. The summed E-state index contributed by atoms with van der Waals surface area (Å²) in [4.78, 5) is 17.7. The first kappa shape index (κ1) is 24.0. The van der Waals surface area contributed by atoms with Crippen LogP contribution in [-0.4, -0.2) is 34.2 Å². The van der Waals surface area contributed by atoms with Gasteiger partial charge in [-0.2, -0.15) is 0 Å². The third-order valence-electron chi connectivity index (χ3n) is 4.80. The Morgan fingerprint density at radius 3 is 1.41 bits per heavy atom. The van der Waals surface area contributed by atoms with Crippen molar-refractivity contribution in [3.63, 3.8) is 0 Å². The second kappa shape index (κ2) is 10.3. The monoisotopic (exact) mass is 472 g/mol. The van der Waals surface area contributed by atoms with E-state index >= 15 is 0 Å². The Balaban J connectivity index is 0.000000181. The van der Waals surface area contributed by atoms with Gasteiger partial charge in [0.2, 0.25) is 0 Å². The predicted octanol–water partition coefficient (Wildman–Crippen LogP) is 6.83. The van der Waals surface area contributed by atoms with Crippen molar-refractivity contribution in [3.05, 3.63) is 58.1 Å². The summed E-state index contributed by atoms with van der Waals surface area (Å²) in [5.41, 5.74) is 4.85. The highest BCUT2D eigenvalue weighted by Gasteiger charge is 2.11. The molecule has 0 aliphatic heterocycles. The molecule has 0 aliphatic rings. The minimum atomic E-state index is 0.260. The molecule has 0 radical (unpaired) electrons. The fourth-order valence-electron chi connectivity index (χ4n) is 3.04. The van der Waals surface area contributed by atoms with Crippen molar-refractivity contribution in [2.75, 3.05) is 14.2 Å². The molecule has 6 nitrogen and oxygen atoms in total. The lowest BCUT2D eigenvalue weighted by Crippen LogP contribution is -1.97. The standard InChI is InChI=1S/2C12H13ClN2O/c1-7(2)11-12(13)15-9-5-4-8(16-3)6-10(9)14-11;1-7(2)11-12(13)15-10-6-8(16-3)4-5-9(10)14-11/h2*4-7H,1-3H3. The molecular weight excluding hydrogens is 447 g/mol. The number of methoxy groups -OCH3 is 2. The van der Waals surface area contributed by atoms with E-state index in [9.17, 15) is 0 Å². The summed E-state index contributed by atoms with van der Waals surface area (Å²) in [6.07, 6.45) is 0. The molecule has 8 heteroatoms. The number of aromatic nitrogens is 4. The molecule has 4 aromatic rings. The first-order chi connectivity index (χ1) is 15.2. The molecule has 0 saturated carbocycles. The van der Waals surface area contributed by atoms with Crippen LogP contribution in [0, 0.1) is 0 Å². The molecule has 168 valence electrons. The minimum absolute atomic E-state index is 0.260. The fourth-order valence-corrected chi connectivity index (χ4v) is 3.74. The van der Waals surface area contributed by atoms with Crippen molar-refractivity contribution in [1.29, 1.82) is 0 Å². The van der Waals surface area contributed by atoms with Gasteiger partial charge in [-0.25, -0.2) is 19.9 Å². The van der Waals surface area contributed by atoms with E-state index < -0.39 is 0 Å². The van der Waals surface area contributed by atoms with Crippen LogP contribution in [0.15, 0.2) is 36.4 Å². The Morgan fingerprint density at radius 1 is 0.594 bits per heavy atom. The van der Waals surface area contributed by atoms with Gasteiger partial charge >= 0.3 is 0 Å². The van der Waals surface area contributed by atoms with Crippen LogP contribution in [0.25, 0.3) is 22.1 Å². The molecule has 2 heterocycles. The Hall–Kier alpha value is -2.70. The van der Waals surface area contributed by atoms with Crippen LogP contribution in [0.2, 0.25) is 10.3 Å². The lowest BCUT2D eigenvalue weighted by atomic mass is 10.1. The molecule has 2 aromatic heterocycles. The molecule has 0 aliphatic carbocycles. The van der Waals surface area contributed by atoms with Crippen LogP contribution in [-0.2, 0) is 0 Å². The number of hydrogen-bond donors (Lipinski definition) is 0. The van der Waals surface area contributed by atoms with Gasteiger partial charge in [-0.05, 0) is 36.1 Å². The molecule has 0 saturated heterocycles. The third-order valence-corrected chi connectivity index (χ3v) is 5.36. The van der Waals surface area contributed by atoms with E-state index in [-0.39, 0.29) is 11.8 Å². The predicted molar refractivity (Wildman–Crippen MR) is 130 cm³/mol. The summed E-state index contributed by atoms with van der Waals surface area (Å²) in [5.74, 6) is 2.07. The molecule has 0 fully saturated rings. The maximum absolute atomic E-state index is 6.08. The molecule has 0 N–H and O–H groups in total. The zero-order valence-electron chi connectivity index (χ0n) is 19.0. The summed E-state index contributed by atoms with van der Waals surface area (Å²) in [7, 11) is 3.26. The van der Waals surface area contributed by atoms with Gasteiger partial charge in [0.25, 0.3) is 0 Å². The lowest BCUT2D eigenvalue weighted by molar-refractivity contribution is 0.415. The number of rotatable bonds is 4. The normalized spacial score (nSPS) is 11.1. The van der Waals surface area contributed by atoms with Crippen molar-refractivity contribution in [1.82, 2.24) is 19.9 Å². The highest BCUT2D eigenvalue weighted by atomic mass is 35.5. The van der Waals surface area contributed by atoms with Gasteiger partial charge < -0.3 is 9.47 Å². The average Bonchev–Trinajstić information content (AvgIpc) is 2.77. The van der Waals surface area contributed by atoms with E-state index in [2.05, 4.69) is 19.9 Å². The molecule has 32 heavy (non-hydrogen) atoms. The van der Waals surface area contributed by atoms with Crippen molar-refractivity contribution in [3.8, 4) is 11.5 Å². The Labute approximate surface area is 197 Å². The van der Waals surface area contributed by atoms with Crippen LogP contribution in [0.3, 0.4) is 0 Å². The molecule has 2 aromatic carbocycles. The van der Waals surface area contributed by atoms with Crippen LogP contribution in [0.4, 0.5) is 0 Å². The molecule has 4 rings (SSSR count). The third kappa shape index (κ3) is 5.37. The van der Waals surface area contributed by atoms with E-state index in [0.29, 0.717) is 10.3 Å². The zero-order chi connectivity index (χ0) is 23.4. The van der Waals surface area contributed by atoms with Gasteiger partial charge in [0.1, 0.15) is 11.5 Å². The van der Waals surface area contributed by atoms with E-state index in [1.165, 1.54) is 0 Å². The summed E-state index contributed by atoms with van der Waals surface area (Å²) < 4.78 is 10.3. The second-order valence-corrected chi connectivity index (χ2v) is 8.53. The van der Waals surface area contributed by atoms with E-state index in [4.69, 9.17) is 32.7 Å². The van der Waals surface area contributed by atoms with Crippen LogP contribution >= 0.6 is 23.2 Å². The van der Waals surface area contributed by atoms with Gasteiger partial charge in [-0.3, -0.25) is 0 Å². The summed E-state index contributed by atoms with van der Waals surface area (Å²) >= 11 is 12.1. The maximum atomic E-state index is 6.08. The van der Waals surface area contributed by atoms with Gasteiger partial charge in [0.15, 0.2) is 10.3 Å². The number of nitrogens with zero attached hydrogens (tertiary/aromatic N) is 4. The highest BCUT2D eigenvalue weighted by molar-refractivity contribution is 6.30. The highest BCUT2D eigenvalue weighted by Crippen LogP contribution is 2.26. The van der Waals surface area contributed by atoms with Crippen molar-refractivity contribution in [2.24, 2.45) is 0 Å². The van der Waals surface area contributed by atoms with Crippen LogP contribution in [0.1, 0.15) is 50.9 Å². The number of fused-ring (bicyclic) bond motifs is 2. The van der Waals surface area contributed by atoms with E-state index in [1.54, 1.807) is 14.2 Å². The molecule has 0 unspecified atom stereocenters. The fraction of sp³-hybridized carbons (Fsp3) is 0.333. The van der Waals surface area contributed by atoms with Gasteiger partial charge in [0.05, 0.1) is 47.7 Å². The number of halogens is 2. The van der Waals surface area contributed by atoms with Gasteiger partial charge in [-0.1, -0.05) is 50.9 Å². The van der Waals surface area contributed by atoms with Crippen LogP contribution in [0.5, 0.6) is 11.5 Å². The Bertz CT molecular complexity index is 1250. The molecule has 0 spiro atoms. The summed E-state index contributed by atoms with van der Waals surface area (Å²) in [6.45, 7) is 8.18. The quantitative estimate of drug-likeness (QED) is 0.324. The van der Waals surface area contributed by atoms with E-state index in [0.717, 1.165) is 45.0 Å². The van der Waals surface area contributed by atoms with Crippen molar-refractivity contribution >= 4 is 45.3 Å². The average molecular weight is 473 g/mol. The lowest BCUT2D eigenvalue weighted by Gasteiger charge is -2.08. The largest absolute Gasteiger partial charge is 0.497 e. The first-order valence-electron chi connectivity index (χ1n) is 10.3. The van der Waals surface area contributed by atoms with Gasteiger partial charge in [0, 0.05) is 12.1 Å². The molecule has 0 atom stereocenters. The van der Waals surface area contributed by atoms with Gasteiger partial charge in [-0.15, -0.1) is 0 Å². The molecule has 0 amide bonds. The Morgan fingerprint density at radius 2 is 0.969 bits per heavy atom. The summed E-state index contributed by atoms with van der Waals surface area (Å²) in [5, 5.41) is 0.948.